The molecule has 2 nitrogen and oxygen atoms in total. The van der Waals surface area contributed by atoms with Gasteiger partial charge >= 0.3 is 0 Å². The van der Waals surface area contributed by atoms with Crippen molar-refractivity contribution < 1.29 is 0 Å². The highest BCUT2D eigenvalue weighted by Crippen LogP contribution is 2.18. The van der Waals surface area contributed by atoms with E-state index < -0.39 is 0 Å². The summed E-state index contributed by atoms with van der Waals surface area (Å²) in [5.74, 6) is 0. The van der Waals surface area contributed by atoms with Crippen LogP contribution in [0.4, 0.5) is 0 Å². The van der Waals surface area contributed by atoms with Crippen molar-refractivity contribution in [1.29, 1.82) is 0 Å². The molecule has 1 heterocycles. The molecular weight excluding hydrogens is 160 g/mol. The number of nitrogens with one attached hydrogen (secondary N) is 1. The summed E-state index contributed by atoms with van der Waals surface area (Å²) in [7, 11) is 0. The summed E-state index contributed by atoms with van der Waals surface area (Å²) >= 11 is 0. The lowest BCUT2D eigenvalue weighted by molar-refractivity contribution is 0.220. The first kappa shape index (κ1) is 10.7. The molecule has 0 amide bonds. The van der Waals surface area contributed by atoms with Crippen molar-refractivity contribution in [2.75, 3.05) is 26.2 Å². The van der Waals surface area contributed by atoms with Crippen molar-refractivity contribution in [2.45, 2.75) is 26.8 Å². The second-order valence-electron chi connectivity index (χ2n) is 4.93. The average Bonchev–Trinajstić information content (AvgIpc) is 2.11. The molecule has 0 aromatic heterocycles. The molecular formula is C11H22N2. The second-order valence-corrected chi connectivity index (χ2v) is 4.93. The van der Waals surface area contributed by atoms with E-state index in [0.717, 1.165) is 26.2 Å². The van der Waals surface area contributed by atoms with Crippen LogP contribution < -0.4 is 5.32 Å². The summed E-state index contributed by atoms with van der Waals surface area (Å²) in [6.45, 7) is 15.1. The van der Waals surface area contributed by atoms with Gasteiger partial charge in [-0.3, -0.25) is 4.90 Å². The molecule has 1 fully saturated rings. The quantitative estimate of drug-likeness (QED) is 0.651. The van der Waals surface area contributed by atoms with Crippen LogP contribution >= 0.6 is 0 Å². The minimum absolute atomic E-state index is 0.383. The first-order valence-electron chi connectivity index (χ1n) is 5.10. The van der Waals surface area contributed by atoms with E-state index in [1.165, 1.54) is 0 Å². The molecule has 0 spiro atoms. The summed E-state index contributed by atoms with van der Waals surface area (Å²) < 4.78 is 0. The number of nitrogens with zero attached hydrogens (tertiary/aromatic N) is 1. The average molecular weight is 182 g/mol. The Hall–Kier alpha value is -0.340. The van der Waals surface area contributed by atoms with Gasteiger partial charge in [-0.2, -0.15) is 0 Å². The fourth-order valence-corrected chi connectivity index (χ4v) is 1.95. The third-order valence-corrected chi connectivity index (χ3v) is 2.50. The van der Waals surface area contributed by atoms with E-state index in [-0.39, 0.29) is 0 Å². The van der Waals surface area contributed by atoms with Crippen molar-refractivity contribution in [1.82, 2.24) is 10.2 Å². The Morgan fingerprint density at radius 2 is 2.31 bits per heavy atom. The Kier molecular flexibility index (Phi) is 3.51. The van der Waals surface area contributed by atoms with Crippen LogP contribution in [0.15, 0.2) is 12.7 Å². The highest BCUT2D eigenvalue weighted by atomic mass is 15.2. The maximum Gasteiger partial charge on any atom is 0.0167 e. The van der Waals surface area contributed by atoms with E-state index in [9.17, 15) is 0 Å². The summed E-state index contributed by atoms with van der Waals surface area (Å²) in [5.41, 5.74) is 0.383. The lowest BCUT2D eigenvalue weighted by Crippen LogP contribution is -2.35. The van der Waals surface area contributed by atoms with Crippen LogP contribution in [-0.4, -0.2) is 37.1 Å². The SMILES string of the molecule is C=CCN1CC(C)NCC(C)(C)C1. The number of hydrogen-bond acceptors (Lipinski definition) is 2. The molecule has 0 saturated carbocycles. The normalized spacial score (nSPS) is 29.6. The van der Waals surface area contributed by atoms with Gasteiger partial charge in [0, 0.05) is 32.2 Å². The zero-order valence-electron chi connectivity index (χ0n) is 9.14. The van der Waals surface area contributed by atoms with E-state index in [1.54, 1.807) is 0 Å². The van der Waals surface area contributed by atoms with Gasteiger partial charge in [0.2, 0.25) is 0 Å². The van der Waals surface area contributed by atoms with Gasteiger partial charge in [0.15, 0.2) is 0 Å². The zero-order chi connectivity index (χ0) is 9.90. The summed E-state index contributed by atoms with van der Waals surface area (Å²) in [6, 6.07) is 0.599. The third-order valence-electron chi connectivity index (χ3n) is 2.50. The largest absolute Gasteiger partial charge is 0.312 e. The maximum atomic E-state index is 3.80. The first-order chi connectivity index (χ1) is 6.03. The minimum atomic E-state index is 0.383. The summed E-state index contributed by atoms with van der Waals surface area (Å²) in [5, 5.41) is 3.55. The van der Waals surface area contributed by atoms with Crippen molar-refractivity contribution in [3.05, 3.63) is 12.7 Å². The van der Waals surface area contributed by atoms with Crippen molar-refractivity contribution >= 4 is 0 Å². The number of rotatable bonds is 2. The van der Waals surface area contributed by atoms with Gasteiger partial charge in [0.05, 0.1) is 0 Å². The van der Waals surface area contributed by atoms with Gasteiger partial charge < -0.3 is 5.32 Å². The Morgan fingerprint density at radius 3 is 2.92 bits per heavy atom. The Bertz CT molecular complexity index is 175. The van der Waals surface area contributed by atoms with Crippen LogP contribution in [0, 0.1) is 5.41 Å². The van der Waals surface area contributed by atoms with E-state index in [2.05, 4.69) is 37.6 Å². The van der Waals surface area contributed by atoms with E-state index in [0.29, 0.717) is 11.5 Å². The van der Waals surface area contributed by atoms with Gasteiger partial charge in [0.25, 0.3) is 0 Å². The molecule has 0 radical (unpaired) electrons. The van der Waals surface area contributed by atoms with Crippen LogP contribution in [0.5, 0.6) is 0 Å². The van der Waals surface area contributed by atoms with Gasteiger partial charge in [-0.1, -0.05) is 19.9 Å². The van der Waals surface area contributed by atoms with Crippen LogP contribution in [0.2, 0.25) is 0 Å². The summed E-state index contributed by atoms with van der Waals surface area (Å²) in [4.78, 5) is 2.47. The Balaban J connectivity index is 2.57. The minimum Gasteiger partial charge on any atom is -0.312 e. The molecule has 0 aromatic rings. The van der Waals surface area contributed by atoms with E-state index >= 15 is 0 Å². The fourth-order valence-electron chi connectivity index (χ4n) is 1.95. The molecule has 1 unspecified atom stereocenters. The van der Waals surface area contributed by atoms with Crippen molar-refractivity contribution in [3.8, 4) is 0 Å². The van der Waals surface area contributed by atoms with Crippen LogP contribution in [0.3, 0.4) is 0 Å². The molecule has 0 bridgehead atoms. The Morgan fingerprint density at radius 1 is 1.62 bits per heavy atom. The predicted octanol–water partition coefficient (Wildman–Crippen LogP) is 1.49. The van der Waals surface area contributed by atoms with Crippen molar-refractivity contribution in [2.24, 2.45) is 5.41 Å². The lowest BCUT2D eigenvalue weighted by Gasteiger charge is -2.28. The van der Waals surface area contributed by atoms with Crippen LogP contribution in [0.25, 0.3) is 0 Å². The topological polar surface area (TPSA) is 15.3 Å². The fraction of sp³-hybridized carbons (Fsp3) is 0.818. The third kappa shape index (κ3) is 3.49. The summed E-state index contributed by atoms with van der Waals surface area (Å²) in [6.07, 6.45) is 1.99. The standard InChI is InChI=1S/C11H22N2/c1-5-6-13-7-10(2)12-8-11(3,4)9-13/h5,10,12H,1,6-9H2,2-4H3. The molecule has 1 rings (SSSR count). The highest BCUT2D eigenvalue weighted by molar-refractivity contribution is 4.86. The van der Waals surface area contributed by atoms with Crippen molar-refractivity contribution in [3.63, 3.8) is 0 Å². The van der Waals surface area contributed by atoms with Crippen LogP contribution in [-0.2, 0) is 0 Å². The zero-order valence-corrected chi connectivity index (χ0v) is 9.14. The molecule has 1 N–H and O–H groups in total. The van der Waals surface area contributed by atoms with Gasteiger partial charge in [-0.05, 0) is 12.3 Å². The van der Waals surface area contributed by atoms with E-state index in [4.69, 9.17) is 0 Å². The molecule has 0 aliphatic carbocycles. The smallest absolute Gasteiger partial charge is 0.0167 e. The predicted molar refractivity (Wildman–Crippen MR) is 57.9 cm³/mol. The molecule has 0 aromatic carbocycles. The second kappa shape index (κ2) is 4.25. The molecule has 1 saturated heterocycles. The molecule has 2 heteroatoms. The molecule has 1 aliphatic heterocycles. The highest BCUT2D eigenvalue weighted by Gasteiger charge is 2.26. The Labute approximate surface area is 82.0 Å². The lowest BCUT2D eigenvalue weighted by atomic mass is 9.93. The maximum absolute atomic E-state index is 3.80. The number of hydrogen-bond donors (Lipinski definition) is 1. The van der Waals surface area contributed by atoms with E-state index in [1.807, 2.05) is 6.08 Å². The molecule has 76 valence electrons. The monoisotopic (exact) mass is 182 g/mol. The molecule has 13 heavy (non-hydrogen) atoms. The van der Waals surface area contributed by atoms with Gasteiger partial charge in [-0.15, -0.1) is 6.58 Å². The van der Waals surface area contributed by atoms with Gasteiger partial charge in [0.1, 0.15) is 0 Å². The molecule has 1 atom stereocenters. The van der Waals surface area contributed by atoms with Gasteiger partial charge in [-0.25, -0.2) is 0 Å². The van der Waals surface area contributed by atoms with Crippen LogP contribution in [0.1, 0.15) is 20.8 Å². The first-order valence-corrected chi connectivity index (χ1v) is 5.10. The molecule has 1 aliphatic rings.